The van der Waals surface area contributed by atoms with Gasteiger partial charge in [-0.3, -0.25) is 9.10 Å². The molecule has 1 N–H and O–H groups in total. The first-order valence-corrected chi connectivity index (χ1v) is 12.1. The van der Waals surface area contributed by atoms with E-state index in [0.717, 1.165) is 27.4 Å². The third-order valence-corrected chi connectivity index (χ3v) is 6.21. The van der Waals surface area contributed by atoms with Gasteiger partial charge in [0.25, 0.3) is 0 Å². The van der Waals surface area contributed by atoms with Crippen molar-refractivity contribution < 1.29 is 22.7 Å². The average Bonchev–Trinajstić information content (AvgIpc) is 2.64. The van der Waals surface area contributed by atoms with Crippen LogP contribution in [-0.2, 0) is 14.8 Å². The lowest BCUT2D eigenvalue weighted by Crippen LogP contribution is -2.45. The highest BCUT2D eigenvalue weighted by atomic mass is 32.2. The van der Waals surface area contributed by atoms with Crippen molar-refractivity contribution in [2.24, 2.45) is 0 Å². The molecule has 0 saturated carbocycles. The van der Waals surface area contributed by atoms with Crippen molar-refractivity contribution in [1.29, 1.82) is 0 Å². The highest BCUT2D eigenvalue weighted by Crippen LogP contribution is 2.40. The Balaban J connectivity index is 1.83. The van der Waals surface area contributed by atoms with Crippen molar-refractivity contribution in [3.05, 3.63) is 53.6 Å². The fourth-order valence-corrected chi connectivity index (χ4v) is 4.60. The second-order valence-electron chi connectivity index (χ2n) is 8.43. The first-order chi connectivity index (χ1) is 14.5. The lowest BCUT2D eigenvalue weighted by molar-refractivity contribution is -0.120. The number of hydrogen-bond acceptors (Lipinski definition) is 5. The normalized spacial score (nSPS) is 17.3. The van der Waals surface area contributed by atoms with Crippen molar-refractivity contribution in [3.63, 3.8) is 0 Å². The van der Waals surface area contributed by atoms with Crippen molar-refractivity contribution in [2.45, 2.75) is 45.8 Å². The first-order valence-electron chi connectivity index (χ1n) is 10.3. The quantitative estimate of drug-likeness (QED) is 0.703. The van der Waals surface area contributed by atoms with Crippen LogP contribution in [0.25, 0.3) is 0 Å². The average molecular weight is 447 g/mol. The van der Waals surface area contributed by atoms with Gasteiger partial charge in [0.05, 0.1) is 24.6 Å². The van der Waals surface area contributed by atoms with Crippen molar-refractivity contribution in [2.75, 3.05) is 23.7 Å². The summed E-state index contributed by atoms with van der Waals surface area (Å²) in [6, 6.07) is 12.3. The molecular formula is C23H30N2O5S. The van der Waals surface area contributed by atoms with Gasteiger partial charge >= 0.3 is 0 Å². The SMILES string of the molecule is CCOc1cccc(N(CC(=O)N[C@H]2CC(C)(C)Oc3cc(C)ccc32)S(C)(=O)=O)c1. The number of rotatable bonds is 7. The van der Waals surface area contributed by atoms with E-state index in [4.69, 9.17) is 9.47 Å². The molecule has 0 fully saturated rings. The molecule has 8 heteroatoms. The van der Waals surface area contributed by atoms with E-state index in [1.807, 2.05) is 45.9 Å². The van der Waals surface area contributed by atoms with Crippen LogP contribution in [0.3, 0.4) is 0 Å². The standard InChI is InChI=1S/C23H30N2O5S/c1-6-29-18-9-7-8-17(13-18)25(31(5,27)28)15-22(26)24-20-14-23(3,4)30-21-12-16(2)10-11-19(20)21/h7-13,20H,6,14-15H2,1-5H3,(H,24,26)/t20-/m0/s1. The maximum absolute atomic E-state index is 13.0. The Kier molecular flexibility index (Phi) is 6.50. The first kappa shape index (κ1) is 22.9. The Hall–Kier alpha value is -2.74. The minimum Gasteiger partial charge on any atom is -0.494 e. The number of nitrogens with one attached hydrogen (secondary N) is 1. The smallest absolute Gasteiger partial charge is 0.241 e. The van der Waals surface area contributed by atoms with Crippen molar-refractivity contribution in [3.8, 4) is 11.5 Å². The van der Waals surface area contributed by atoms with E-state index in [9.17, 15) is 13.2 Å². The lowest BCUT2D eigenvalue weighted by atomic mass is 9.89. The lowest BCUT2D eigenvalue weighted by Gasteiger charge is -2.38. The van der Waals surface area contributed by atoms with Gasteiger partial charge in [0, 0.05) is 18.1 Å². The van der Waals surface area contributed by atoms with E-state index in [0.29, 0.717) is 24.5 Å². The molecule has 1 amide bonds. The minimum absolute atomic E-state index is 0.275. The van der Waals surface area contributed by atoms with Crippen LogP contribution in [0.4, 0.5) is 5.69 Å². The van der Waals surface area contributed by atoms with Crippen LogP contribution in [-0.4, -0.2) is 39.3 Å². The van der Waals surface area contributed by atoms with E-state index < -0.39 is 15.6 Å². The van der Waals surface area contributed by atoms with Gasteiger partial charge in [-0.1, -0.05) is 18.2 Å². The molecule has 0 radical (unpaired) electrons. The summed E-state index contributed by atoms with van der Waals surface area (Å²) in [6.07, 6.45) is 1.66. The second kappa shape index (κ2) is 8.78. The van der Waals surface area contributed by atoms with E-state index in [-0.39, 0.29) is 18.5 Å². The third kappa shape index (κ3) is 5.70. The van der Waals surface area contributed by atoms with Crippen LogP contribution < -0.4 is 19.1 Å². The van der Waals surface area contributed by atoms with Gasteiger partial charge in [-0.25, -0.2) is 8.42 Å². The maximum Gasteiger partial charge on any atom is 0.241 e. The summed E-state index contributed by atoms with van der Waals surface area (Å²) in [5.74, 6) is 0.900. The molecule has 0 unspecified atom stereocenters. The number of sulfonamides is 1. The zero-order chi connectivity index (χ0) is 22.8. The monoisotopic (exact) mass is 446 g/mol. The molecule has 3 rings (SSSR count). The van der Waals surface area contributed by atoms with Crippen LogP contribution >= 0.6 is 0 Å². The number of benzene rings is 2. The number of aryl methyl sites for hydroxylation is 1. The van der Waals surface area contributed by atoms with Crippen LogP contribution in [0, 0.1) is 6.92 Å². The molecule has 1 heterocycles. The largest absolute Gasteiger partial charge is 0.494 e. The van der Waals surface area contributed by atoms with E-state index in [2.05, 4.69) is 5.32 Å². The maximum atomic E-state index is 13.0. The predicted molar refractivity (Wildman–Crippen MR) is 121 cm³/mol. The van der Waals surface area contributed by atoms with E-state index in [1.165, 1.54) is 0 Å². The molecule has 1 aliphatic rings. The van der Waals surface area contributed by atoms with Crippen LogP contribution in [0.2, 0.25) is 0 Å². The van der Waals surface area contributed by atoms with Crippen LogP contribution in [0.5, 0.6) is 11.5 Å². The molecular weight excluding hydrogens is 416 g/mol. The Bertz CT molecular complexity index is 1070. The van der Waals surface area contributed by atoms with Crippen molar-refractivity contribution >= 4 is 21.6 Å². The molecule has 0 spiro atoms. The summed E-state index contributed by atoms with van der Waals surface area (Å²) in [7, 11) is -3.68. The zero-order valence-electron chi connectivity index (χ0n) is 18.6. The third-order valence-electron chi connectivity index (χ3n) is 5.07. The van der Waals surface area contributed by atoms with Crippen LogP contribution in [0.1, 0.15) is 44.4 Å². The topological polar surface area (TPSA) is 84.9 Å². The van der Waals surface area contributed by atoms with Crippen LogP contribution in [0.15, 0.2) is 42.5 Å². The molecule has 31 heavy (non-hydrogen) atoms. The molecule has 2 aromatic carbocycles. The molecule has 2 aromatic rings. The highest BCUT2D eigenvalue weighted by molar-refractivity contribution is 7.92. The number of nitrogens with zero attached hydrogens (tertiary/aromatic N) is 1. The summed E-state index contributed by atoms with van der Waals surface area (Å²) in [6.45, 7) is 7.91. The highest BCUT2D eigenvalue weighted by Gasteiger charge is 2.35. The van der Waals surface area contributed by atoms with Gasteiger partial charge in [0.1, 0.15) is 23.6 Å². The van der Waals surface area contributed by atoms with Gasteiger partial charge < -0.3 is 14.8 Å². The number of carbonyl (C=O) groups excluding carboxylic acids is 1. The summed E-state index contributed by atoms with van der Waals surface area (Å²) in [4.78, 5) is 13.0. The van der Waals surface area contributed by atoms with Crippen molar-refractivity contribution in [1.82, 2.24) is 5.32 Å². The number of fused-ring (bicyclic) bond motifs is 1. The number of ether oxygens (including phenoxy) is 2. The number of anilines is 1. The fourth-order valence-electron chi connectivity index (χ4n) is 3.75. The predicted octanol–water partition coefficient (Wildman–Crippen LogP) is 3.58. The van der Waals surface area contributed by atoms with Gasteiger partial charge in [0.2, 0.25) is 15.9 Å². The van der Waals surface area contributed by atoms with E-state index in [1.54, 1.807) is 24.3 Å². The molecule has 1 aliphatic heterocycles. The van der Waals surface area contributed by atoms with Gasteiger partial charge in [-0.2, -0.15) is 0 Å². The second-order valence-corrected chi connectivity index (χ2v) is 10.3. The van der Waals surface area contributed by atoms with E-state index >= 15 is 0 Å². The van der Waals surface area contributed by atoms with Gasteiger partial charge in [-0.05, 0) is 51.5 Å². The molecule has 0 aliphatic carbocycles. The molecule has 7 nitrogen and oxygen atoms in total. The molecule has 0 aromatic heterocycles. The molecule has 1 atom stereocenters. The number of carbonyl (C=O) groups is 1. The fraction of sp³-hybridized carbons (Fsp3) is 0.435. The summed E-state index contributed by atoms with van der Waals surface area (Å²) < 4.78 is 37.5. The Morgan fingerprint density at radius 3 is 2.68 bits per heavy atom. The summed E-state index contributed by atoms with van der Waals surface area (Å²) >= 11 is 0. The Morgan fingerprint density at radius 2 is 2.00 bits per heavy atom. The molecule has 0 bridgehead atoms. The minimum atomic E-state index is -3.68. The molecule has 0 saturated heterocycles. The number of amides is 1. The summed E-state index contributed by atoms with van der Waals surface area (Å²) in [5, 5.41) is 3.01. The Morgan fingerprint density at radius 1 is 1.26 bits per heavy atom. The zero-order valence-corrected chi connectivity index (χ0v) is 19.5. The number of hydrogen-bond donors (Lipinski definition) is 1. The van der Waals surface area contributed by atoms with Gasteiger partial charge in [-0.15, -0.1) is 0 Å². The van der Waals surface area contributed by atoms with Gasteiger partial charge in [0.15, 0.2) is 0 Å². The Labute approximate surface area is 184 Å². The molecule has 168 valence electrons. The summed E-state index contributed by atoms with van der Waals surface area (Å²) in [5.41, 5.74) is 1.88.